The van der Waals surface area contributed by atoms with Crippen molar-refractivity contribution in [2.24, 2.45) is 0 Å². The van der Waals surface area contributed by atoms with Crippen LogP contribution in [-0.2, 0) is 12.6 Å². The van der Waals surface area contributed by atoms with Crippen LogP contribution in [0.5, 0.6) is 0 Å². The van der Waals surface area contributed by atoms with Gasteiger partial charge in [-0.25, -0.2) is 9.78 Å². The van der Waals surface area contributed by atoms with Gasteiger partial charge in [-0.05, 0) is 11.6 Å². The summed E-state index contributed by atoms with van der Waals surface area (Å²) in [6.07, 6.45) is -10.6. The smallest absolute Gasteiger partial charge is 0.434 e. The van der Waals surface area contributed by atoms with E-state index in [4.69, 9.17) is 5.11 Å². The van der Waals surface area contributed by atoms with Crippen molar-refractivity contribution in [1.29, 1.82) is 0 Å². The lowest BCUT2D eigenvalue weighted by Crippen LogP contribution is -2.15. The highest BCUT2D eigenvalue weighted by atomic mass is 19.4. The van der Waals surface area contributed by atoms with E-state index in [1.807, 2.05) is 0 Å². The lowest BCUT2D eigenvalue weighted by atomic mass is 10.0. The molecule has 2 rings (SSSR count). The number of nitro benzene ring substituents is 1. The van der Waals surface area contributed by atoms with Crippen molar-refractivity contribution >= 4 is 11.7 Å². The molecule has 1 heterocycles. The summed E-state index contributed by atoms with van der Waals surface area (Å²) in [6, 6.07) is 0.878. The number of halogens is 6. The monoisotopic (exact) mass is 383 g/mol. The number of hydrogen-bond donors (Lipinski definition) is 1. The molecule has 2 aromatic rings. The highest BCUT2D eigenvalue weighted by molar-refractivity contribution is 5.93. The van der Waals surface area contributed by atoms with Gasteiger partial charge in [-0.1, -0.05) is 0 Å². The maximum absolute atomic E-state index is 12.7. The fraction of sp³-hybridized carbons (Fsp3) is 0.231. The Kier molecular flexibility index (Phi) is 4.66. The molecule has 0 unspecified atom stereocenters. The fourth-order valence-corrected chi connectivity index (χ4v) is 2.14. The van der Waals surface area contributed by atoms with Crippen LogP contribution in [0.25, 0.3) is 5.69 Å². The zero-order valence-electron chi connectivity index (χ0n) is 12.3. The van der Waals surface area contributed by atoms with E-state index in [-0.39, 0.29) is 0 Å². The van der Waals surface area contributed by atoms with Gasteiger partial charge < -0.3 is 9.67 Å². The summed E-state index contributed by atoms with van der Waals surface area (Å²) in [7, 11) is 0. The van der Waals surface area contributed by atoms with Gasteiger partial charge in [0, 0.05) is 12.3 Å². The van der Waals surface area contributed by atoms with Crippen LogP contribution < -0.4 is 0 Å². The summed E-state index contributed by atoms with van der Waals surface area (Å²) in [5, 5.41) is 19.9. The molecule has 0 radical (unpaired) electrons. The molecule has 1 N–H and O–H groups in total. The van der Waals surface area contributed by atoms with E-state index in [9.17, 15) is 41.3 Å². The third kappa shape index (κ3) is 4.10. The number of rotatable bonds is 4. The van der Waals surface area contributed by atoms with Crippen LogP contribution in [0.2, 0.25) is 0 Å². The van der Waals surface area contributed by atoms with E-state index >= 15 is 0 Å². The summed E-state index contributed by atoms with van der Waals surface area (Å²) in [6.45, 7) is 0. The first kappa shape index (κ1) is 19.2. The average molecular weight is 383 g/mol. The third-order valence-electron chi connectivity index (χ3n) is 3.17. The highest BCUT2D eigenvalue weighted by Crippen LogP contribution is 2.33. The molecule has 26 heavy (non-hydrogen) atoms. The minimum absolute atomic E-state index is 0.354. The molecule has 0 saturated carbocycles. The van der Waals surface area contributed by atoms with E-state index in [2.05, 4.69) is 4.98 Å². The van der Waals surface area contributed by atoms with Crippen LogP contribution >= 0.6 is 0 Å². The zero-order chi connectivity index (χ0) is 19.9. The molecule has 1 aromatic carbocycles. The SMILES string of the molecule is O=C(O)c1cc(-n2cnc(C(F)(F)F)c2)c(CC(F)(F)F)cc1[N+](=O)[O-]. The number of aromatic nitrogens is 2. The first-order valence-corrected chi connectivity index (χ1v) is 6.52. The number of carboxylic acids is 1. The largest absolute Gasteiger partial charge is 0.477 e. The predicted molar refractivity (Wildman–Crippen MR) is 71.9 cm³/mol. The minimum Gasteiger partial charge on any atom is -0.477 e. The summed E-state index contributed by atoms with van der Waals surface area (Å²) >= 11 is 0. The van der Waals surface area contributed by atoms with Gasteiger partial charge in [-0.15, -0.1) is 0 Å². The maximum Gasteiger partial charge on any atom is 0.434 e. The van der Waals surface area contributed by atoms with Crippen molar-refractivity contribution in [1.82, 2.24) is 9.55 Å². The number of aromatic carboxylic acids is 1. The van der Waals surface area contributed by atoms with Crippen LogP contribution in [0.15, 0.2) is 24.7 Å². The lowest BCUT2D eigenvalue weighted by Gasteiger charge is -2.14. The molecule has 7 nitrogen and oxygen atoms in total. The number of nitro groups is 1. The standard InChI is InChI=1S/C13H7F6N3O4/c14-12(15,16)3-6-1-9(22(25)26)7(11(23)24)2-8(6)21-4-10(20-5-21)13(17,18)19/h1-2,4-5H,3H2,(H,23,24). The Morgan fingerprint density at radius 3 is 2.27 bits per heavy atom. The quantitative estimate of drug-likeness (QED) is 0.494. The van der Waals surface area contributed by atoms with Crippen molar-refractivity contribution < 1.29 is 41.2 Å². The van der Waals surface area contributed by atoms with Gasteiger partial charge >= 0.3 is 18.3 Å². The second-order valence-electron chi connectivity index (χ2n) is 5.02. The average Bonchev–Trinajstić information content (AvgIpc) is 2.94. The predicted octanol–water partition coefficient (Wildman–Crippen LogP) is 3.60. The molecule has 13 heteroatoms. The number of benzene rings is 1. The second-order valence-corrected chi connectivity index (χ2v) is 5.02. The molecule has 0 aliphatic rings. The Hall–Kier alpha value is -3.12. The van der Waals surface area contributed by atoms with Crippen molar-refractivity contribution in [3.05, 3.63) is 51.6 Å². The van der Waals surface area contributed by atoms with E-state index in [1.54, 1.807) is 0 Å². The molecule has 0 aliphatic heterocycles. The Bertz CT molecular complexity index is 872. The van der Waals surface area contributed by atoms with E-state index in [0.29, 0.717) is 29.2 Å². The number of imidazole rings is 1. The molecule has 0 fully saturated rings. The zero-order valence-corrected chi connectivity index (χ0v) is 12.3. The van der Waals surface area contributed by atoms with E-state index < -0.39 is 57.9 Å². The molecule has 0 amide bonds. The van der Waals surface area contributed by atoms with E-state index in [0.717, 1.165) is 0 Å². The summed E-state index contributed by atoms with van der Waals surface area (Å²) in [5.74, 6) is -1.83. The Balaban J connectivity index is 2.72. The topological polar surface area (TPSA) is 98.3 Å². The Labute approximate surface area is 139 Å². The molecule has 1 aromatic heterocycles. The number of carbonyl (C=O) groups is 1. The van der Waals surface area contributed by atoms with Crippen molar-refractivity contribution in [3.8, 4) is 5.69 Å². The highest BCUT2D eigenvalue weighted by Gasteiger charge is 2.35. The maximum atomic E-state index is 12.7. The van der Waals surface area contributed by atoms with E-state index in [1.165, 1.54) is 0 Å². The number of carboxylic acid groups (broad SMARTS) is 1. The molecule has 0 saturated heterocycles. The van der Waals surface area contributed by atoms with Gasteiger partial charge in [0.25, 0.3) is 5.69 Å². The number of hydrogen-bond acceptors (Lipinski definition) is 4. The van der Waals surface area contributed by atoms with Gasteiger partial charge in [0.05, 0.1) is 23.4 Å². The van der Waals surface area contributed by atoms with Crippen molar-refractivity contribution in [2.45, 2.75) is 18.8 Å². The molecule has 0 aliphatic carbocycles. The van der Waals surface area contributed by atoms with Crippen LogP contribution in [0.4, 0.5) is 32.0 Å². The van der Waals surface area contributed by atoms with Gasteiger partial charge in [-0.2, -0.15) is 26.3 Å². The first-order chi connectivity index (χ1) is 11.8. The summed E-state index contributed by atoms with van der Waals surface area (Å²) < 4.78 is 76.6. The molecule has 0 bridgehead atoms. The van der Waals surface area contributed by atoms with Crippen molar-refractivity contribution in [3.63, 3.8) is 0 Å². The van der Waals surface area contributed by atoms with Gasteiger partial charge in [0.1, 0.15) is 5.56 Å². The number of nitrogens with zero attached hydrogens (tertiary/aromatic N) is 3. The summed E-state index contributed by atoms with van der Waals surface area (Å²) in [4.78, 5) is 23.9. The Morgan fingerprint density at radius 1 is 1.23 bits per heavy atom. The van der Waals surface area contributed by atoms with Gasteiger partial charge in [0.2, 0.25) is 0 Å². The van der Waals surface area contributed by atoms with Crippen molar-refractivity contribution in [2.75, 3.05) is 0 Å². The van der Waals surface area contributed by atoms with Gasteiger partial charge in [0.15, 0.2) is 5.69 Å². The Morgan fingerprint density at radius 2 is 1.85 bits per heavy atom. The normalized spacial score (nSPS) is 12.2. The first-order valence-electron chi connectivity index (χ1n) is 6.52. The van der Waals surface area contributed by atoms with Crippen LogP contribution in [0.3, 0.4) is 0 Å². The second kappa shape index (κ2) is 6.31. The van der Waals surface area contributed by atoms with Crippen LogP contribution in [0, 0.1) is 10.1 Å². The van der Waals surface area contributed by atoms with Gasteiger partial charge in [-0.3, -0.25) is 10.1 Å². The lowest BCUT2D eigenvalue weighted by molar-refractivity contribution is -0.385. The molecule has 0 spiro atoms. The molecular formula is C13H7F6N3O4. The van der Waals surface area contributed by atoms with Crippen LogP contribution in [-0.4, -0.2) is 31.7 Å². The van der Waals surface area contributed by atoms with Crippen LogP contribution in [0.1, 0.15) is 21.6 Å². The molecule has 140 valence electrons. The fourth-order valence-electron chi connectivity index (χ4n) is 2.14. The third-order valence-corrected chi connectivity index (χ3v) is 3.17. The molecular weight excluding hydrogens is 376 g/mol. The minimum atomic E-state index is -4.88. The summed E-state index contributed by atoms with van der Waals surface area (Å²) in [5.41, 5.74) is -4.91. The number of alkyl halides is 6. The molecule has 0 atom stereocenters.